The lowest BCUT2D eigenvalue weighted by molar-refractivity contribution is -0.141. The smallest absolute Gasteiger partial charge is 0.317 e. The molecule has 0 aliphatic rings. The average Bonchev–Trinajstić information content (AvgIpc) is 2.38. The van der Waals surface area contributed by atoms with Crippen molar-refractivity contribution in [3.63, 3.8) is 0 Å². The fraction of sp³-hybridized carbons (Fsp3) is 0.286. The summed E-state index contributed by atoms with van der Waals surface area (Å²) in [5.41, 5.74) is -0.591. The van der Waals surface area contributed by atoms with E-state index in [1.54, 1.807) is 30.8 Å². The van der Waals surface area contributed by atoms with E-state index in [9.17, 15) is 14.7 Å². The first-order valence-electron chi connectivity index (χ1n) is 5.67. The normalized spacial score (nSPS) is 14.2. The highest BCUT2D eigenvalue weighted by Gasteiger charge is 2.32. The summed E-state index contributed by atoms with van der Waals surface area (Å²) < 4.78 is 0. The van der Waals surface area contributed by atoms with Gasteiger partial charge in [0.25, 0.3) is 0 Å². The van der Waals surface area contributed by atoms with Gasteiger partial charge in [0.1, 0.15) is 5.41 Å². The van der Waals surface area contributed by atoms with Gasteiger partial charge in [-0.15, -0.1) is 11.8 Å². The maximum atomic E-state index is 11.4. The maximum Gasteiger partial charge on any atom is 0.317 e. The molecule has 1 rings (SSSR count). The zero-order chi connectivity index (χ0) is 14.5. The van der Waals surface area contributed by atoms with E-state index in [4.69, 9.17) is 5.11 Å². The van der Waals surface area contributed by atoms with Gasteiger partial charge in [0.05, 0.1) is 6.42 Å². The maximum absolute atomic E-state index is 11.4. The molecule has 0 bridgehead atoms. The Kier molecular flexibility index (Phi) is 5.18. The molecule has 0 spiro atoms. The van der Waals surface area contributed by atoms with Crippen molar-refractivity contribution in [3.05, 3.63) is 42.0 Å². The van der Waals surface area contributed by atoms with Crippen LogP contribution in [-0.2, 0) is 15.0 Å². The van der Waals surface area contributed by atoms with Crippen LogP contribution in [0.5, 0.6) is 0 Å². The quantitative estimate of drug-likeness (QED) is 0.619. The van der Waals surface area contributed by atoms with Gasteiger partial charge in [0.15, 0.2) is 0 Å². The Morgan fingerprint density at radius 2 is 1.84 bits per heavy atom. The molecule has 0 aliphatic heterocycles. The van der Waals surface area contributed by atoms with E-state index in [-0.39, 0.29) is 6.42 Å². The van der Waals surface area contributed by atoms with Crippen LogP contribution in [0.15, 0.2) is 41.3 Å². The van der Waals surface area contributed by atoms with Crippen molar-refractivity contribution in [1.29, 1.82) is 0 Å². The largest absolute Gasteiger partial charge is 0.481 e. The van der Waals surface area contributed by atoms with E-state index in [0.717, 1.165) is 4.90 Å². The fourth-order valence-electron chi connectivity index (χ4n) is 1.62. The summed E-state index contributed by atoms with van der Waals surface area (Å²) >= 11 is 1.58. The molecule has 0 aliphatic carbocycles. The first kappa shape index (κ1) is 15.3. The second kappa shape index (κ2) is 6.43. The number of benzene rings is 1. The summed E-state index contributed by atoms with van der Waals surface area (Å²) in [5.74, 6) is -1.99. The van der Waals surface area contributed by atoms with Crippen molar-refractivity contribution in [1.82, 2.24) is 0 Å². The topological polar surface area (TPSA) is 74.6 Å². The summed E-state index contributed by atoms with van der Waals surface area (Å²) in [5, 5.41) is 18.0. The number of carbonyl (C=O) groups is 2. The molecular weight excluding hydrogens is 264 g/mol. The molecule has 1 atom stereocenters. The second-order valence-electron chi connectivity index (χ2n) is 4.24. The molecule has 1 aromatic rings. The minimum absolute atomic E-state index is 0.189. The van der Waals surface area contributed by atoms with Crippen molar-refractivity contribution >= 4 is 23.7 Å². The van der Waals surface area contributed by atoms with E-state index in [1.807, 2.05) is 18.4 Å². The predicted molar refractivity (Wildman–Crippen MR) is 74.6 cm³/mol. The van der Waals surface area contributed by atoms with Crippen LogP contribution in [0.25, 0.3) is 0 Å². The van der Waals surface area contributed by atoms with Crippen molar-refractivity contribution < 1.29 is 19.8 Å². The fourth-order valence-corrected chi connectivity index (χ4v) is 2.03. The van der Waals surface area contributed by atoms with E-state index < -0.39 is 17.4 Å². The van der Waals surface area contributed by atoms with Crippen LogP contribution in [0.1, 0.15) is 18.9 Å². The number of hydrogen-bond acceptors (Lipinski definition) is 3. The second-order valence-corrected chi connectivity index (χ2v) is 5.12. The first-order chi connectivity index (χ1) is 8.90. The summed E-state index contributed by atoms with van der Waals surface area (Å²) in [7, 11) is 0. The minimum atomic E-state index is -1.22. The zero-order valence-electron chi connectivity index (χ0n) is 10.8. The summed E-state index contributed by atoms with van der Waals surface area (Å²) in [4.78, 5) is 23.0. The zero-order valence-corrected chi connectivity index (χ0v) is 11.6. The molecule has 5 heteroatoms. The Balaban J connectivity index is 3.07. The number of aliphatic carboxylic acids is 2. The molecule has 0 aromatic heterocycles. The first-order valence-corrected chi connectivity index (χ1v) is 6.90. The van der Waals surface area contributed by atoms with Crippen molar-refractivity contribution in [2.45, 2.75) is 23.7 Å². The Labute approximate surface area is 116 Å². The Morgan fingerprint density at radius 3 is 2.26 bits per heavy atom. The number of thioether (sulfide) groups is 1. The van der Waals surface area contributed by atoms with Crippen molar-refractivity contribution in [2.75, 3.05) is 6.26 Å². The van der Waals surface area contributed by atoms with Gasteiger partial charge in [-0.2, -0.15) is 0 Å². The van der Waals surface area contributed by atoms with E-state index in [2.05, 4.69) is 0 Å². The lowest BCUT2D eigenvalue weighted by atomic mass is 9.82. The Hall–Kier alpha value is -1.75. The number of hydrogen-bond donors (Lipinski definition) is 2. The van der Waals surface area contributed by atoms with Crippen LogP contribution in [0, 0.1) is 0 Å². The van der Waals surface area contributed by atoms with Crippen molar-refractivity contribution in [2.24, 2.45) is 0 Å². The van der Waals surface area contributed by atoms with Crippen LogP contribution in [0.4, 0.5) is 0 Å². The molecule has 19 heavy (non-hydrogen) atoms. The van der Waals surface area contributed by atoms with Crippen molar-refractivity contribution in [3.8, 4) is 0 Å². The lowest BCUT2D eigenvalue weighted by Gasteiger charge is -2.21. The average molecular weight is 280 g/mol. The van der Waals surface area contributed by atoms with Gasteiger partial charge < -0.3 is 10.2 Å². The van der Waals surface area contributed by atoms with Crippen LogP contribution in [-0.4, -0.2) is 28.4 Å². The lowest BCUT2D eigenvalue weighted by Crippen LogP contribution is -2.30. The van der Waals surface area contributed by atoms with Gasteiger partial charge >= 0.3 is 11.9 Å². The molecule has 1 aromatic carbocycles. The Morgan fingerprint density at radius 1 is 1.26 bits per heavy atom. The summed E-state index contributed by atoms with van der Waals surface area (Å²) in [6.07, 6.45) is 4.56. The van der Waals surface area contributed by atoms with Crippen LogP contribution >= 0.6 is 11.8 Å². The molecule has 0 saturated heterocycles. The van der Waals surface area contributed by atoms with Gasteiger partial charge in [0, 0.05) is 4.90 Å². The van der Waals surface area contributed by atoms with Gasteiger partial charge in [-0.25, -0.2) is 0 Å². The minimum Gasteiger partial charge on any atom is -0.481 e. The van der Waals surface area contributed by atoms with Gasteiger partial charge in [-0.05, 0) is 30.9 Å². The third kappa shape index (κ3) is 3.86. The highest BCUT2D eigenvalue weighted by atomic mass is 32.2. The molecule has 1 unspecified atom stereocenters. The van der Waals surface area contributed by atoms with Gasteiger partial charge in [-0.3, -0.25) is 9.59 Å². The number of carboxylic acids is 2. The molecular formula is C14H16O4S. The molecule has 102 valence electrons. The summed E-state index contributed by atoms with van der Waals surface area (Å²) in [6.45, 7) is 1.56. The summed E-state index contributed by atoms with van der Waals surface area (Å²) in [6, 6.07) is 7.22. The molecule has 0 radical (unpaired) electrons. The number of carboxylic acid groups (broad SMARTS) is 2. The molecule has 4 nitrogen and oxygen atoms in total. The Bertz CT molecular complexity index is 493. The standard InChI is InChI=1S/C14H16O4S/c1-14(13(17)18,9-3-4-12(15)16)10-5-7-11(19-2)8-6-10/h3,5-9H,4H2,1-2H3,(H,15,16)(H,17,18)/b9-3+. The molecule has 0 heterocycles. The molecule has 0 amide bonds. The molecule has 0 saturated carbocycles. The van der Waals surface area contributed by atoms with E-state index in [1.165, 1.54) is 12.2 Å². The SMILES string of the molecule is CSc1ccc(C(C)(/C=C/CC(=O)O)C(=O)O)cc1. The highest BCUT2D eigenvalue weighted by Crippen LogP contribution is 2.28. The van der Waals surface area contributed by atoms with Crippen LogP contribution in [0.3, 0.4) is 0 Å². The van der Waals surface area contributed by atoms with Gasteiger partial charge in [0.2, 0.25) is 0 Å². The monoisotopic (exact) mass is 280 g/mol. The van der Waals surface area contributed by atoms with E-state index >= 15 is 0 Å². The van der Waals surface area contributed by atoms with E-state index in [0.29, 0.717) is 5.56 Å². The predicted octanol–water partition coefficient (Wildman–Crippen LogP) is 2.78. The molecule has 2 N–H and O–H groups in total. The number of rotatable bonds is 6. The van der Waals surface area contributed by atoms with Gasteiger partial charge in [-0.1, -0.05) is 24.3 Å². The molecule has 0 fully saturated rings. The third-order valence-corrected chi connectivity index (χ3v) is 3.62. The van der Waals surface area contributed by atoms with Crippen LogP contribution in [0.2, 0.25) is 0 Å². The highest BCUT2D eigenvalue weighted by molar-refractivity contribution is 7.98. The third-order valence-electron chi connectivity index (χ3n) is 2.88. The van der Waals surface area contributed by atoms with Crippen LogP contribution < -0.4 is 0 Å².